The highest BCUT2D eigenvalue weighted by Crippen LogP contribution is 2.44. The van der Waals surface area contributed by atoms with Crippen molar-refractivity contribution >= 4 is 12.0 Å². The van der Waals surface area contributed by atoms with Crippen molar-refractivity contribution in [2.45, 2.75) is 70.1 Å². The molecule has 0 bridgehead atoms. The van der Waals surface area contributed by atoms with E-state index < -0.39 is 0 Å². The molecule has 1 aromatic carbocycles. The summed E-state index contributed by atoms with van der Waals surface area (Å²) in [4.78, 5) is 16.7. The third-order valence-corrected chi connectivity index (χ3v) is 6.07. The van der Waals surface area contributed by atoms with Gasteiger partial charge in [-0.3, -0.25) is 9.48 Å². The van der Waals surface area contributed by atoms with E-state index in [1.54, 1.807) is 11.0 Å². The van der Waals surface area contributed by atoms with Crippen LogP contribution in [0.15, 0.2) is 36.9 Å². The first kappa shape index (κ1) is 21.6. The molecule has 0 aliphatic carbocycles. The topological polar surface area (TPSA) is 78.3 Å². The zero-order chi connectivity index (χ0) is 21.5. The second kappa shape index (κ2) is 10.1. The number of ether oxygens (including phenoxy) is 2. The lowest BCUT2D eigenvalue weighted by molar-refractivity contribution is -0.123. The fourth-order valence-corrected chi connectivity index (χ4v) is 4.37. The van der Waals surface area contributed by atoms with Gasteiger partial charge >= 0.3 is 0 Å². The molecular formula is C24H32N4O3. The Balaban J connectivity index is 1.48. The molecule has 2 aromatic rings. The van der Waals surface area contributed by atoms with Crippen molar-refractivity contribution in [3.8, 4) is 5.75 Å². The number of aryl methyl sites for hydroxylation is 1. The molecule has 7 heteroatoms. The fraction of sp³-hybridized carbons (Fsp3) is 0.542. The van der Waals surface area contributed by atoms with E-state index in [4.69, 9.17) is 9.47 Å². The van der Waals surface area contributed by atoms with Crippen molar-refractivity contribution in [2.75, 3.05) is 13.2 Å². The molecule has 166 valence electrons. The minimum atomic E-state index is -0.260. The van der Waals surface area contributed by atoms with Crippen LogP contribution in [0, 0.1) is 0 Å². The van der Waals surface area contributed by atoms with Gasteiger partial charge in [-0.1, -0.05) is 31.6 Å². The van der Waals surface area contributed by atoms with Crippen molar-refractivity contribution < 1.29 is 14.3 Å². The van der Waals surface area contributed by atoms with Crippen molar-refractivity contribution in [3.63, 3.8) is 0 Å². The number of amides is 1. The molecule has 0 saturated carbocycles. The van der Waals surface area contributed by atoms with Crippen molar-refractivity contribution in [3.05, 3.63) is 48.1 Å². The average molecular weight is 425 g/mol. The molecule has 7 nitrogen and oxygen atoms in total. The lowest BCUT2D eigenvalue weighted by Gasteiger charge is -2.44. The van der Waals surface area contributed by atoms with Crippen LogP contribution in [0.2, 0.25) is 0 Å². The number of allylic oxidation sites excluding steroid dienone is 1. The summed E-state index contributed by atoms with van der Waals surface area (Å²) in [5, 5.41) is 7.39. The number of carbonyl (C=O) groups is 1. The number of carbonyl (C=O) groups excluding carboxylic acids is 1. The second-order valence-corrected chi connectivity index (χ2v) is 8.47. The van der Waals surface area contributed by atoms with E-state index in [1.807, 2.05) is 0 Å². The van der Waals surface area contributed by atoms with E-state index in [0.29, 0.717) is 26.2 Å². The molecule has 1 saturated heterocycles. The Morgan fingerprint density at radius 3 is 3.00 bits per heavy atom. The molecule has 1 N–H and O–H groups in total. The maximum atomic E-state index is 12.8. The zero-order valence-electron chi connectivity index (χ0n) is 18.3. The van der Waals surface area contributed by atoms with Crippen LogP contribution < -0.4 is 10.1 Å². The van der Waals surface area contributed by atoms with E-state index in [1.165, 1.54) is 6.33 Å². The lowest BCUT2D eigenvalue weighted by Crippen LogP contribution is -2.48. The van der Waals surface area contributed by atoms with E-state index in [2.05, 4.69) is 52.7 Å². The molecule has 31 heavy (non-hydrogen) atoms. The molecule has 4 rings (SSSR count). The Hall–Kier alpha value is -2.67. The summed E-state index contributed by atoms with van der Waals surface area (Å²) in [5.41, 5.74) is 1.95. The molecule has 1 amide bonds. The SMILES string of the molecule is CCC/C=C/c1ccc2c(c1)C(NC(=O)CCCn1cncn1)CC1(CCOCC1)O2. The summed E-state index contributed by atoms with van der Waals surface area (Å²) < 4.78 is 13.8. The normalized spacial score (nSPS) is 19.8. The van der Waals surface area contributed by atoms with Gasteiger partial charge in [0.1, 0.15) is 24.0 Å². The van der Waals surface area contributed by atoms with Crippen LogP contribution in [0.5, 0.6) is 5.75 Å². The Morgan fingerprint density at radius 1 is 1.35 bits per heavy atom. The molecule has 2 aliphatic rings. The summed E-state index contributed by atoms with van der Waals surface area (Å²) in [7, 11) is 0. The molecule has 2 aliphatic heterocycles. The van der Waals surface area contributed by atoms with Crippen LogP contribution in [0.1, 0.15) is 69.0 Å². The van der Waals surface area contributed by atoms with E-state index in [-0.39, 0.29) is 17.6 Å². The van der Waals surface area contributed by atoms with Gasteiger partial charge < -0.3 is 14.8 Å². The van der Waals surface area contributed by atoms with Crippen LogP contribution in [-0.2, 0) is 16.1 Å². The first-order valence-corrected chi connectivity index (χ1v) is 11.4. The molecule has 3 heterocycles. The number of rotatable bonds is 8. The number of nitrogens with one attached hydrogen (secondary N) is 1. The van der Waals surface area contributed by atoms with E-state index in [0.717, 1.165) is 55.4 Å². The van der Waals surface area contributed by atoms with Gasteiger partial charge in [0.05, 0.1) is 19.3 Å². The maximum absolute atomic E-state index is 12.8. The zero-order valence-corrected chi connectivity index (χ0v) is 18.3. The second-order valence-electron chi connectivity index (χ2n) is 8.47. The van der Waals surface area contributed by atoms with Crippen LogP contribution in [-0.4, -0.2) is 39.5 Å². The molecule has 1 unspecified atom stereocenters. The third kappa shape index (κ3) is 5.53. The number of aromatic nitrogens is 3. The number of nitrogens with zero attached hydrogens (tertiary/aromatic N) is 3. The highest BCUT2D eigenvalue weighted by atomic mass is 16.5. The minimum absolute atomic E-state index is 0.0553. The van der Waals surface area contributed by atoms with Gasteiger partial charge in [-0.2, -0.15) is 5.10 Å². The summed E-state index contributed by atoms with van der Waals surface area (Å²) in [6.07, 6.45) is 13.4. The lowest BCUT2D eigenvalue weighted by atomic mass is 9.81. The highest BCUT2D eigenvalue weighted by Gasteiger charge is 2.42. The molecule has 1 fully saturated rings. The van der Waals surface area contributed by atoms with E-state index >= 15 is 0 Å². The van der Waals surface area contributed by atoms with Crippen LogP contribution in [0.25, 0.3) is 6.08 Å². The number of unbranched alkanes of at least 4 members (excludes halogenated alkanes) is 1. The van der Waals surface area contributed by atoms with E-state index in [9.17, 15) is 4.79 Å². The Bertz CT molecular complexity index is 888. The summed E-state index contributed by atoms with van der Waals surface area (Å²) in [6, 6.07) is 6.26. The van der Waals surface area contributed by atoms with Crippen molar-refractivity contribution in [1.29, 1.82) is 0 Å². The van der Waals surface area contributed by atoms with Crippen LogP contribution >= 0.6 is 0 Å². The number of hydrogen-bond donors (Lipinski definition) is 1. The molecule has 1 aromatic heterocycles. The standard InChI is InChI=1S/C24H32N4O3/c1-2-3-4-6-19-8-9-22-20(15-19)21(16-24(31-22)10-13-30-14-11-24)27-23(29)7-5-12-28-18-25-17-26-28/h4,6,8-9,15,17-18,21H,2-3,5,7,10-14,16H2,1H3,(H,27,29)/b6-4+. The largest absolute Gasteiger partial charge is 0.487 e. The van der Waals surface area contributed by atoms with Crippen molar-refractivity contribution in [2.24, 2.45) is 0 Å². The van der Waals surface area contributed by atoms with Gasteiger partial charge in [-0.15, -0.1) is 0 Å². The number of fused-ring (bicyclic) bond motifs is 1. The molecule has 1 atom stereocenters. The molecule has 0 radical (unpaired) electrons. The number of hydrogen-bond acceptors (Lipinski definition) is 5. The smallest absolute Gasteiger partial charge is 0.220 e. The summed E-state index contributed by atoms with van der Waals surface area (Å²) in [6.45, 7) is 4.26. The third-order valence-electron chi connectivity index (χ3n) is 6.07. The quantitative estimate of drug-likeness (QED) is 0.691. The maximum Gasteiger partial charge on any atom is 0.220 e. The van der Waals surface area contributed by atoms with Gasteiger partial charge in [-0.05, 0) is 30.5 Å². The van der Waals surface area contributed by atoms with Crippen LogP contribution in [0.3, 0.4) is 0 Å². The minimum Gasteiger partial charge on any atom is -0.487 e. The van der Waals surface area contributed by atoms with Gasteiger partial charge in [0.2, 0.25) is 5.91 Å². The monoisotopic (exact) mass is 424 g/mol. The highest BCUT2D eigenvalue weighted by molar-refractivity contribution is 5.76. The Kier molecular flexibility index (Phi) is 7.02. The summed E-state index contributed by atoms with van der Waals surface area (Å²) in [5.74, 6) is 0.945. The van der Waals surface area contributed by atoms with Gasteiger partial charge in [-0.25, -0.2) is 4.98 Å². The first-order valence-electron chi connectivity index (χ1n) is 11.4. The molecule has 1 spiro atoms. The van der Waals surface area contributed by atoms with Crippen molar-refractivity contribution in [1.82, 2.24) is 20.1 Å². The van der Waals surface area contributed by atoms with Gasteiger partial charge in [0.15, 0.2) is 0 Å². The summed E-state index contributed by atoms with van der Waals surface area (Å²) >= 11 is 0. The molecular weight excluding hydrogens is 392 g/mol. The van der Waals surface area contributed by atoms with Gasteiger partial charge in [0.25, 0.3) is 0 Å². The Morgan fingerprint density at radius 2 is 2.23 bits per heavy atom. The number of benzene rings is 1. The Labute approximate surface area is 183 Å². The fourth-order valence-electron chi connectivity index (χ4n) is 4.37. The first-order chi connectivity index (χ1) is 15.2. The van der Waals surface area contributed by atoms with Gasteiger partial charge in [0, 0.05) is 37.8 Å². The predicted octanol–water partition coefficient (Wildman–Crippen LogP) is 4.06. The predicted molar refractivity (Wildman–Crippen MR) is 119 cm³/mol. The average Bonchev–Trinajstić information content (AvgIpc) is 3.28. The van der Waals surface area contributed by atoms with Crippen LogP contribution in [0.4, 0.5) is 0 Å².